The van der Waals surface area contributed by atoms with E-state index in [4.69, 9.17) is 14.9 Å². The summed E-state index contributed by atoms with van der Waals surface area (Å²) in [5.74, 6) is 1.46. The molecule has 158 valence electrons. The summed E-state index contributed by atoms with van der Waals surface area (Å²) in [4.78, 5) is 4.42. The molecule has 0 bridgehead atoms. The van der Waals surface area contributed by atoms with E-state index in [1.54, 1.807) is 26.4 Å². The zero-order valence-electron chi connectivity index (χ0n) is 16.2. The summed E-state index contributed by atoms with van der Waals surface area (Å²) >= 11 is 1.32. The zero-order chi connectivity index (χ0) is 21.5. The minimum absolute atomic E-state index is 0.0598. The molecule has 0 aliphatic heterocycles. The maximum atomic E-state index is 12.2. The van der Waals surface area contributed by atoms with Crippen molar-refractivity contribution in [3.8, 4) is 28.5 Å². The Morgan fingerprint density at radius 3 is 2.37 bits per heavy atom. The van der Waals surface area contributed by atoms with Crippen molar-refractivity contribution in [1.29, 1.82) is 5.41 Å². The summed E-state index contributed by atoms with van der Waals surface area (Å²) in [5.41, 5.74) is 2.20. The second-order valence-electron chi connectivity index (χ2n) is 5.94. The molecule has 1 heterocycles. The molecule has 2 aromatic carbocycles. The van der Waals surface area contributed by atoms with Crippen LogP contribution in [0.5, 0.6) is 17.2 Å². The number of guanidine groups is 1. The largest absolute Gasteiger partial charge is 0.496 e. The summed E-state index contributed by atoms with van der Waals surface area (Å²) in [5, 5.41) is 16.3. The molecule has 0 atom stereocenters. The van der Waals surface area contributed by atoms with Crippen LogP contribution in [0.2, 0.25) is 0 Å². The molecule has 0 spiro atoms. The molecule has 0 amide bonds. The van der Waals surface area contributed by atoms with Crippen LogP contribution in [0.3, 0.4) is 0 Å². The molecule has 7 nitrogen and oxygen atoms in total. The Labute approximate surface area is 176 Å². The fourth-order valence-electron chi connectivity index (χ4n) is 2.70. The minimum atomic E-state index is -2.86. The molecule has 3 rings (SSSR count). The summed E-state index contributed by atoms with van der Waals surface area (Å²) < 4.78 is 39.5. The number of ether oxygens (including phenoxy) is 3. The number of halogens is 2. The number of methoxy groups -OCH3 is 2. The standard InChI is InChI=1S/C20H20F2N4O3S/c1-27-16-4-3-5-17(28-2)14(16)10-24-19(23)26-20-25-15(11-30-20)12-6-8-13(9-7-12)29-18(21)22/h3-9,11,18H,10H2,1-2H3,(H3,23,24,25,26). The molecule has 30 heavy (non-hydrogen) atoms. The van der Waals surface area contributed by atoms with Crippen LogP contribution in [0, 0.1) is 5.41 Å². The van der Waals surface area contributed by atoms with Crippen LogP contribution in [-0.4, -0.2) is 31.8 Å². The Morgan fingerprint density at radius 1 is 1.10 bits per heavy atom. The summed E-state index contributed by atoms with van der Waals surface area (Å²) in [6.45, 7) is -2.54. The van der Waals surface area contributed by atoms with Gasteiger partial charge < -0.3 is 24.8 Å². The van der Waals surface area contributed by atoms with Gasteiger partial charge in [-0.3, -0.25) is 5.41 Å². The smallest absolute Gasteiger partial charge is 0.387 e. The predicted molar refractivity (Wildman–Crippen MR) is 112 cm³/mol. The Bertz CT molecular complexity index is 974. The Kier molecular flexibility index (Phi) is 7.02. The van der Waals surface area contributed by atoms with Crippen molar-refractivity contribution in [2.24, 2.45) is 0 Å². The highest BCUT2D eigenvalue weighted by atomic mass is 32.1. The normalized spacial score (nSPS) is 10.6. The van der Waals surface area contributed by atoms with Gasteiger partial charge >= 0.3 is 6.61 Å². The van der Waals surface area contributed by atoms with Gasteiger partial charge in [-0.25, -0.2) is 4.98 Å². The van der Waals surface area contributed by atoms with Crippen molar-refractivity contribution in [2.45, 2.75) is 13.2 Å². The number of nitrogens with zero attached hydrogens (tertiary/aromatic N) is 1. The van der Waals surface area contributed by atoms with Gasteiger partial charge in [-0.05, 0) is 36.4 Å². The van der Waals surface area contributed by atoms with Gasteiger partial charge in [0.1, 0.15) is 17.2 Å². The van der Waals surface area contributed by atoms with Crippen molar-refractivity contribution >= 4 is 22.4 Å². The highest BCUT2D eigenvalue weighted by Gasteiger charge is 2.12. The third-order valence-electron chi connectivity index (χ3n) is 4.08. The van der Waals surface area contributed by atoms with Gasteiger partial charge in [0.2, 0.25) is 0 Å². The Morgan fingerprint density at radius 2 is 1.77 bits per heavy atom. The highest BCUT2D eigenvalue weighted by molar-refractivity contribution is 7.14. The maximum Gasteiger partial charge on any atom is 0.387 e. The zero-order valence-corrected chi connectivity index (χ0v) is 17.1. The fourth-order valence-corrected chi connectivity index (χ4v) is 3.43. The number of anilines is 1. The van der Waals surface area contributed by atoms with Gasteiger partial charge in [-0.15, -0.1) is 11.3 Å². The molecule has 0 unspecified atom stereocenters. The van der Waals surface area contributed by atoms with E-state index in [0.717, 1.165) is 11.1 Å². The van der Waals surface area contributed by atoms with E-state index in [-0.39, 0.29) is 11.7 Å². The molecule has 0 aliphatic carbocycles. The first-order valence-electron chi connectivity index (χ1n) is 8.80. The lowest BCUT2D eigenvalue weighted by atomic mass is 10.1. The third-order valence-corrected chi connectivity index (χ3v) is 4.84. The molecule has 10 heteroatoms. The molecular formula is C20H20F2N4O3S. The van der Waals surface area contributed by atoms with E-state index in [1.807, 2.05) is 23.6 Å². The summed E-state index contributed by atoms with van der Waals surface area (Å²) in [6, 6.07) is 11.7. The first-order valence-corrected chi connectivity index (χ1v) is 9.68. The van der Waals surface area contributed by atoms with Crippen LogP contribution in [-0.2, 0) is 6.54 Å². The van der Waals surface area contributed by atoms with Crippen molar-refractivity contribution in [2.75, 3.05) is 19.5 Å². The van der Waals surface area contributed by atoms with Gasteiger partial charge in [-0.1, -0.05) is 6.07 Å². The quantitative estimate of drug-likeness (QED) is 0.356. The molecule has 0 saturated heterocycles. The van der Waals surface area contributed by atoms with Crippen LogP contribution in [0.1, 0.15) is 5.56 Å². The molecule has 3 N–H and O–H groups in total. The van der Waals surface area contributed by atoms with E-state index in [9.17, 15) is 8.78 Å². The number of hydrogen-bond acceptors (Lipinski definition) is 6. The first-order chi connectivity index (χ1) is 14.5. The maximum absolute atomic E-state index is 12.2. The van der Waals surface area contributed by atoms with E-state index in [1.165, 1.54) is 23.5 Å². The van der Waals surface area contributed by atoms with E-state index in [2.05, 4.69) is 20.4 Å². The monoisotopic (exact) mass is 434 g/mol. The Hall–Kier alpha value is -3.40. The topological polar surface area (TPSA) is 88.5 Å². The highest BCUT2D eigenvalue weighted by Crippen LogP contribution is 2.29. The minimum Gasteiger partial charge on any atom is -0.496 e. The average molecular weight is 434 g/mol. The van der Waals surface area contributed by atoms with Gasteiger partial charge in [0.15, 0.2) is 11.1 Å². The summed E-state index contributed by atoms with van der Waals surface area (Å²) in [7, 11) is 3.15. The SMILES string of the molecule is COc1cccc(OC)c1CNC(=N)Nc1nc(-c2ccc(OC(F)F)cc2)cs1. The Balaban J connectivity index is 1.60. The third kappa shape index (κ3) is 5.35. The number of aromatic nitrogens is 1. The number of rotatable bonds is 8. The van der Waals surface area contributed by atoms with Crippen molar-refractivity contribution in [3.63, 3.8) is 0 Å². The molecule has 0 aliphatic rings. The van der Waals surface area contributed by atoms with E-state index >= 15 is 0 Å². The van der Waals surface area contributed by atoms with E-state index in [0.29, 0.717) is 28.9 Å². The second-order valence-corrected chi connectivity index (χ2v) is 6.79. The molecule has 0 fully saturated rings. The predicted octanol–water partition coefficient (Wildman–Crippen LogP) is 4.57. The average Bonchev–Trinajstić information content (AvgIpc) is 3.20. The van der Waals surface area contributed by atoms with Crippen molar-refractivity contribution < 1.29 is 23.0 Å². The number of benzene rings is 2. The van der Waals surface area contributed by atoms with Gasteiger partial charge in [0, 0.05) is 10.9 Å². The molecule has 0 radical (unpaired) electrons. The number of alkyl halides is 2. The molecular weight excluding hydrogens is 414 g/mol. The van der Waals surface area contributed by atoms with Crippen molar-refractivity contribution in [3.05, 3.63) is 53.4 Å². The summed E-state index contributed by atoms with van der Waals surface area (Å²) in [6.07, 6.45) is 0. The van der Waals surface area contributed by atoms with Crippen LogP contribution < -0.4 is 24.8 Å². The van der Waals surface area contributed by atoms with Gasteiger partial charge in [0.25, 0.3) is 0 Å². The van der Waals surface area contributed by atoms with Gasteiger partial charge in [0.05, 0.1) is 32.0 Å². The van der Waals surface area contributed by atoms with Crippen LogP contribution >= 0.6 is 11.3 Å². The van der Waals surface area contributed by atoms with E-state index < -0.39 is 6.61 Å². The molecule has 0 saturated carbocycles. The first kappa shape index (κ1) is 21.3. The second kappa shape index (κ2) is 9.88. The number of hydrogen-bond donors (Lipinski definition) is 3. The lowest BCUT2D eigenvalue weighted by Crippen LogP contribution is -2.29. The van der Waals surface area contributed by atoms with Gasteiger partial charge in [-0.2, -0.15) is 8.78 Å². The number of nitrogens with one attached hydrogen (secondary N) is 3. The van der Waals surface area contributed by atoms with Crippen LogP contribution in [0.15, 0.2) is 47.8 Å². The van der Waals surface area contributed by atoms with Crippen LogP contribution in [0.25, 0.3) is 11.3 Å². The molecule has 3 aromatic rings. The molecule has 1 aromatic heterocycles. The van der Waals surface area contributed by atoms with Crippen LogP contribution in [0.4, 0.5) is 13.9 Å². The fraction of sp³-hybridized carbons (Fsp3) is 0.200. The van der Waals surface area contributed by atoms with Crippen molar-refractivity contribution in [1.82, 2.24) is 10.3 Å². The number of thiazole rings is 1. The lowest BCUT2D eigenvalue weighted by molar-refractivity contribution is -0.0498. The lowest BCUT2D eigenvalue weighted by Gasteiger charge is -2.14.